The van der Waals surface area contributed by atoms with Crippen LogP contribution in [0.15, 0.2) is 22.7 Å². The second-order valence-electron chi connectivity index (χ2n) is 5.37. The zero-order valence-electron chi connectivity index (χ0n) is 11.6. The maximum absolute atomic E-state index is 6.01. The molecule has 0 aromatic heterocycles. The third kappa shape index (κ3) is 3.87. The summed E-state index contributed by atoms with van der Waals surface area (Å²) in [5.74, 6) is 0.669. The van der Waals surface area contributed by atoms with Gasteiger partial charge in [-0.15, -0.1) is 0 Å². The molecule has 1 aliphatic rings. The average molecular weight is 346 g/mol. The first-order valence-electron chi connectivity index (χ1n) is 7.05. The number of hydrogen-bond donors (Lipinski definition) is 1. The molecular weight excluding hydrogens is 324 g/mol. The molecule has 0 saturated carbocycles. The van der Waals surface area contributed by atoms with E-state index in [1.807, 2.05) is 12.1 Å². The maximum atomic E-state index is 6.01. The monoisotopic (exact) mass is 344 g/mol. The van der Waals surface area contributed by atoms with E-state index in [-0.39, 0.29) is 0 Å². The van der Waals surface area contributed by atoms with Gasteiger partial charge in [0.05, 0.1) is 5.69 Å². The minimum atomic E-state index is 0.655. The minimum absolute atomic E-state index is 0.655. The third-order valence-corrected chi connectivity index (χ3v) is 4.68. The summed E-state index contributed by atoms with van der Waals surface area (Å²) >= 11 is 9.62. The molecule has 4 heteroatoms. The van der Waals surface area contributed by atoms with Gasteiger partial charge in [0.15, 0.2) is 0 Å². The van der Waals surface area contributed by atoms with Crippen LogP contribution in [-0.4, -0.2) is 25.7 Å². The largest absolute Gasteiger partial charge is 0.370 e. The van der Waals surface area contributed by atoms with Crippen LogP contribution in [0, 0.1) is 5.92 Å². The lowest BCUT2D eigenvalue weighted by Crippen LogP contribution is -2.48. The van der Waals surface area contributed by atoms with Crippen molar-refractivity contribution in [2.45, 2.75) is 32.7 Å². The molecule has 2 atom stereocenters. The van der Waals surface area contributed by atoms with E-state index in [2.05, 4.69) is 46.1 Å². The van der Waals surface area contributed by atoms with Gasteiger partial charge in [0.25, 0.3) is 0 Å². The number of piperidine rings is 1. The Morgan fingerprint density at radius 2 is 2.26 bits per heavy atom. The van der Waals surface area contributed by atoms with E-state index in [0.717, 1.165) is 29.1 Å². The Morgan fingerprint density at radius 1 is 1.47 bits per heavy atom. The molecule has 0 spiro atoms. The molecule has 0 radical (unpaired) electrons. The van der Waals surface area contributed by atoms with E-state index in [9.17, 15) is 0 Å². The van der Waals surface area contributed by atoms with E-state index >= 15 is 0 Å². The standard InChI is InChI=1S/C15H22BrClN2/c1-3-7-18-14-6-8-19(10-11(14)2)15-5-4-12(17)9-13(15)16/h4-5,9,11,14,18H,3,6-8,10H2,1-2H3. The van der Waals surface area contributed by atoms with Crippen LogP contribution < -0.4 is 10.2 Å². The number of hydrogen-bond acceptors (Lipinski definition) is 2. The summed E-state index contributed by atoms with van der Waals surface area (Å²) in [6.07, 6.45) is 2.41. The summed E-state index contributed by atoms with van der Waals surface area (Å²) in [6.45, 7) is 7.88. The van der Waals surface area contributed by atoms with Gasteiger partial charge in [-0.3, -0.25) is 0 Å². The van der Waals surface area contributed by atoms with Crippen molar-refractivity contribution >= 4 is 33.2 Å². The summed E-state index contributed by atoms with van der Waals surface area (Å²) in [4.78, 5) is 2.45. The first kappa shape index (κ1) is 15.1. The van der Waals surface area contributed by atoms with Gasteiger partial charge in [-0.25, -0.2) is 0 Å². The number of anilines is 1. The van der Waals surface area contributed by atoms with Crippen molar-refractivity contribution in [3.63, 3.8) is 0 Å². The van der Waals surface area contributed by atoms with Gasteiger partial charge < -0.3 is 10.2 Å². The van der Waals surface area contributed by atoms with Crippen molar-refractivity contribution in [2.24, 2.45) is 5.92 Å². The van der Waals surface area contributed by atoms with Crippen LogP contribution in [0.4, 0.5) is 5.69 Å². The molecule has 1 fully saturated rings. The molecule has 0 amide bonds. The van der Waals surface area contributed by atoms with Gasteiger partial charge in [0.1, 0.15) is 0 Å². The summed E-state index contributed by atoms with van der Waals surface area (Å²) in [5, 5.41) is 4.44. The Hall–Kier alpha value is -0.250. The van der Waals surface area contributed by atoms with E-state index in [1.54, 1.807) is 0 Å². The maximum Gasteiger partial charge on any atom is 0.0511 e. The fourth-order valence-electron chi connectivity index (χ4n) is 2.74. The molecule has 1 saturated heterocycles. The molecule has 1 heterocycles. The molecule has 1 aliphatic heterocycles. The third-order valence-electron chi connectivity index (χ3n) is 3.81. The Kier molecular flexibility index (Phi) is 5.55. The van der Waals surface area contributed by atoms with Crippen molar-refractivity contribution in [1.29, 1.82) is 0 Å². The molecule has 2 unspecified atom stereocenters. The highest BCUT2D eigenvalue weighted by Gasteiger charge is 2.26. The lowest BCUT2D eigenvalue weighted by Gasteiger charge is -2.39. The SMILES string of the molecule is CCCNC1CCN(c2ccc(Cl)cc2Br)CC1C. The zero-order valence-corrected chi connectivity index (χ0v) is 14.0. The van der Waals surface area contributed by atoms with Crippen LogP contribution in [-0.2, 0) is 0 Å². The minimum Gasteiger partial charge on any atom is -0.370 e. The lowest BCUT2D eigenvalue weighted by molar-refractivity contribution is 0.322. The van der Waals surface area contributed by atoms with Crippen molar-refractivity contribution in [3.8, 4) is 0 Å². The molecule has 19 heavy (non-hydrogen) atoms. The number of benzene rings is 1. The van der Waals surface area contributed by atoms with Crippen LogP contribution in [0.2, 0.25) is 5.02 Å². The van der Waals surface area contributed by atoms with Crippen molar-refractivity contribution in [1.82, 2.24) is 5.32 Å². The van der Waals surface area contributed by atoms with Crippen LogP contribution in [0.25, 0.3) is 0 Å². The summed E-state index contributed by atoms with van der Waals surface area (Å²) < 4.78 is 1.09. The Labute approximate surface area is 129 Å². The van der Waals surface area contributed by atoms with Crippen LogP contribution in [0.1, 0.15) is 26.7 Å². The quantitative estimate of drug-likeness (QED) is 0.874. The van der Waals surface area contributed by atoms with Gasteiger partial charge in [0, 0.05) is 28.6 Å². The van der Waals surface area contributed by atoms with E-state index in [1.165, 1.54) is 18.5 Å². The van der Waals surface area contributed by atoms with E-state index < -0.39 is 0 Å². The number of nitrogens with zero attached hydrogens (tertiary/aromatic N) is 1. The lowest BCUT2D eigenvalue weighted by atomic mass is 9.93. The Balaban J connectivity index is 2.01. The predicted octanol–water partition coefficient (Wildman–Crippen LogP) is 4.32. The van der Waals surface area contributed by atoms with E-state index in [4.69, 9.17) is 11.6 Å². The highest BCUT2D eigenvalue weighted by molar-refractivity contribution is 9.10. The topological polar surface area (TPSA) is 15.3 Å². The number of rotatable bonds is 4. The van der Waals surface area contributed by atoms with Gasteiger partial charge in [-0.05, 0) is 59.4 Å². The predicted molar refractivity (Wildman–Crippen MR) is 87.2 cm³/mol. The summed E-state index contributed by atoms with van der Waals surface area (Å²) in [5.41, 5.74) is 1.25. The second-order valence-corrected chi connectivity index (χ2v) is 6.66. The molecule has 106 valence electrons. The fourth-order valence-corrected chi connectivity index (χ4v) is 3.67. The normalized spacial score (nSPS) is 23.7. The number of nitrogens with one attached hydrogen (secondary N) is 1. The number of halogens is 2. The molecule has 1 N–H and O–H groups in total. The molecule has 0 bridgehead atoms. The summed E-state index contributed by atoms with van der Waals surface area (Å²) in [7, 11) is 0. The second kappa shape index (κ2) is 6.96. The van der Waals surface area contributed by atoms with Crippen LogP contribution in [0.5, 0.6) is 0 Å². The summed E-state index contributed by atoms with van der Waals surface area (Å²) in [6, 6.07) is 6.71. The smallest absolute Gasteiger partial charge is 0.0511 e. The van der Waals surface area contributed by atoms with Crippen molar-refractivity contribution < 1.29 is 0 Å². The highest BCUT2D eigenvalue weighted by atomic mass is 79.9. The highest BCUT2D eigenvalue weighted by Crippen LogP contribution is 2.32. The van der Waals surface area contributed by atoms with Gasteiger partial charge in [0.2, 0.25) is 0 Å². The Bertz CT molecular complexity index is 425. The average Bonchev–Trinajstić information content (AvgIpc) is 2.37. The molecule has 1 aromatic rings. The molecule has 1 aromatic carbocycles. The first-order chi connectivity index (χ1) is 9.11. The Morgan fingerprint density at radius 3 is 2.89 bits per heavy atom. The molecular formula is C15H22BrClN2. The van der Waals surface area contributed by atoms with Crippen molar-refractivity contribution in [3.05, 3.63) is 27.7 Å². The fraction of sp³-hybridized carbons (Fsp3) is 0.600. The van der Waals surface area contributed by atoms with Crippen molar-refractivity contribution in [2.75, 3.05) is 24.5 Å². The molecule has 0 aliphatic carbocycles. The van der Waals surface area contributed by atoms with Gasteiger partial charge >= 0.3 is 0 Å². The van der Waals surface area contributed by atoms with Gasteiger partial charge in [-0.1, -0.05) is 25.4 Å². The van der Waals surface area contributed by atoms with Crippen LogP contribution in [0.3, 0.4) is 0 Å². The van der Waals surface area contributed by atoms with E-state index in [0.29, 0.717) is 12.0 Å². The first-order valence-corrected chi connectivity index (χ1v) is 8.22. The zero-order chi connectivity index (χ0) is 13.8. The van der Waals surface area contributed by atoms with Crippen LogP contribution >= 0.6 is 27.5 Å². The molecule has 2 rings (SSSR count). The molecule has 2 nitrogen and oxygen atoms in total. The van der Waals surface area contributed by atoms with Gasteiger partial charge in [-0.2, -0.15) is 0 Å².